The summed E-state index contributed by atoms with van der Waals surface area (Å²) in [4.78, 5) is 53.1. The van der Waals surface area contributed by atoms with Crippen molar-refractivity contribution in [3.63, 3.8) is 0 Å². The summed E-state index contributed by atoms with van der Waals surface area (Å²) < 4.78 is 34.4. The lowest BCUT2D eigenvalue weighted by Crippen LogP contribution is -2.65. The zero-order valence-electron chi connectivity index (χ0n) is 26.1. The second-order valence-corrected chi connectivity index (χ2v) is 14.0. The van der Waals surface area contributed by atoms with E-state index in [1.807, 2.05) is 42.5 Å². The molecule has 3 aromatic rings. The minimum Gasteiger partial charge on any atom is -0.456 e. The van der Waals surface area contributed by atoms with Crippen LogP contribution in [0, 0.1) is 0 Å². The van der Waals surface area contributed by atoms with Gasteiger partial charge in [0.2, 0.25) is 27.7 Å². The van der Waals surface area contributed by atoms with Gasteiger partial charge in [0.1, 0.15) is 11.6 Å². The van der Waals surface area contributed by atoms with Crippen LogP contribution < -0.4 is 15.8 Å². The number of ether oxygens (including phenoxy) is 1. The van der Waals surface area contributed by atoms with Gasteiger partial charge in [-0.2, -0.15) is 4.72 Å². The molecule has 0 spiro atoms. The van der Waals surface area contributed by atoms with E-state index in [1.54, 1.807) is 39.0 Å². The molecule has 0 radical (unpaired) electrons. The summed E-state index contributed by atoms with van der Waals surface area (Å²) in [5, 5.41) is 15.8. The predicted octanol–water partition coefficient (Wildman–Crippen LogP) is 2.13. The number of esters is 1. The first-order valence-electron chi connectivity index (χ1n) is 15.0. The summed E-state index contributed by atoms with van der Waals surface area (Å²) in [5.74, 6) is -3.66. The fraction of sp³-hybridized carbons (Fsp3) is 0.394. The molecule has 1 aliphatic rings. The molecule has 0 bridgehead atoms. The van der Waals surface area contributed by atoms with Crippen LogP contribution in [0.1, 0.15) is 52.0 Å². The summed E-state index contributed by atoms with van der Waals surface area (Å²) in [6, 6.07) is 18.0. The molecule has 0 saturated carbocycles. The first kappa shape index (κ1) is 34.5. The van der Waals surface area contributed by atoms with Gasteiger partial charge in [-0.3, -0.25) is 14.4 Å². The van der Waals surface area contributed by atoms with E-state index in [2.05, 4.69) is 10.0 Å². The van der Waals surface area contributed by atoms with E-state index in [1.165, 1.54) is 12.1 Å². The third-order valence-electron chi connectivity index (χ3n) is 7.61. The molecular formula is C33H40N4O8S. The lowest BCUT2D eigenvalue weighted by Gasteiger charge is -2.37. The van der Waals surface area contributed by atoms with Crippen LogP contribution in [0.5, 0.6) is 0 Å². The molecule has 3 atom stereocenters. The van der Waals surface area contributed by atoms with E-state index in [0.717, 1.165) is 15.8 Å². The van der Waals surface area contributed by atoms with Gasteiger partial charge in [-0.05, 0) is 68.5 Å². The Bertz CT molecular complexity index is 1710. The number of rotatable bonds is 12. The molecule has 1 fully saturated rings. The summed E-state index contributed by atoms with van der Waals surface area (Å²) in [6.07, 6.45) is 0.289. The van der Waals surface area contributed by atoms with E-state index in [0.29, 0.717) is 18.2 Å². The van der Waals surface area contributed by atoms with Gasteiger partial charge < -0.3 is 25.8 Å². The second-order valence-electron chi connectivity index (χ2n) is 12.3. The quantitative estimate of drug-likeness (QED) is 0.214. The van der Waals surface area contributed by atoms with Crippen molar-refractivity contribution in [1.29, 1.82) is 0 Å². The number of hydrogen-bond donors (Lipinski definition) is 4. The van der Waals surface area contributed by atoms with E-state index in [9.17, 15) is 32.7 Å². The molecular weight excluding hydrogens is 612 g/mol. The number of likely N-dealkylation sites (tertiary alicyclic amines) is 1. The molecule has 46 heavy (non-hydrogen) atoms. The Kier molecular flexibility index (Phi) is 10.5. The average molecular weight is 653 g/mol. The number of nitrogens with two attached hydrogens (primary N) is 1. The second kappa shape index (κ2) is 14.0. The Morgan fingerprint density at radius 2 is 1.67 bits per heavy atom. The SMILES string of the molecule is CC(C)(C)OC(=O)[C@@]1(O)[C@@H](NC(=O)[C@H](CC(N)=O)NS(=O)(=O)c2ccc3ccccc3c2)CCN1C(=O)CCCc1ccccc1. The van der Waals surface area contributed by atoms with Gasteiger partial charge in [0.15, 0.2) is 0 Å². The highest BCUT2D eigenvalue weighted by Crippen LogP contribution is 2.32. The number of amides is 3. The lowest BCUT2D eigenvalue weighted by atomic mass is 10.0. The topological polar surface area (TPSA) is 185 Å². The first-order chi connectivity index (χ1) is 21.6. The van der Waals surface area contributed by atoms with Crippen LogP contribution in [-0.4, -0.2) is 72.1 Å². The van der Waals surface area contributed by atoms with Crippen molar-refractivity contribution in [1.82, 2.24) is 14.9 Å². The van der Waals surface area contributed by atoms with Crippen molar-refractivity contribution >= 4 is 44.5 Å². The maximum Gasteiger partial charge on any atom is 0.362 e. The van der Waals surface area contributed by atoms with Crippen molar-refractivity contribution < 1.29 is 37.4 Å². The fourth-order valence-electron chi connectivity index (χ4n) is 5.39. The Labute approximate surface area is 268 Å². The van der Waals surface area contributed by atoms with Gasteiger partial charge in [-0.15, -0.1) is 0 Å². The van der Waals surface area contributed by atoms with Crippen molar-refractivity contribution in [2.24, 2.45) is 5.73 Å². The Morgan fingerprint density at radius 1 is 1.02 bits per heavy atom. The molecule has 1 saturated heterocycles. The number of nitrogens with one attached hydrogen (secondary N) is 2. The largest absolute Gasteiger partial charge is 0.456 e. The third kappa shape index (κ3) is 8.27. The fourth-order valence-corrected chi connectivity index (χ4v) is 6.62. The normalized spacial score (nSPS) is 19.0. The highest BCUT2D eigenvalue weighted by Gasteiger charge is 2.58. The van der Waals surface area contributed by atoms with Crippen molar-refractivity contribution in [3.8, 4) is 0 Å². The van der Waals surface area contributed by atoms with E-state index in [-0.39, 0.29) is 24.3 Å². The summed E-state index contributed by atoms with van der Waals surface area (Å²) in [5.41, 5.74) is 2.74. The molecule has 4 rings (SSSR count). The maximum atomic E-state index is 13.5. The van der Waals surface area contributed by atoms with Gasteiger partial charge in [0.05, 0.1) is 17.4 Å². The number of fused-ring (bicyclic) bond motifs is 1. The number of aliphatic hydroxyl groups is 1. The van der Waals surface area contributed by atoms with Crippen LogP contribution in [-0.2, 0) is 40.4 Å². The summed E-state index contributed by atoms with van der Waals surface area (Å²) in [7, 11) is -4.34. The van der Waals surface area contributed by atoms with Crippen molar-refractivity contribution in [3.05, 3.63) is 78.4 Å². The molecule has 12 nitrogen and oxygen atoms in total. The number of carbonyl (C=O) groups excluding carboxylic acids is 4. The molecule has 0 aliphatic carbocycles. The number of primary amides is 1. The molecule has 0 unspecified atom stereocenters. The van der Waals surface area contributed by atoms with Gasteiger partial charge >= 0.3 is 5.97 Å². The molecule has 0 aromatic heterocycles. The monoisotopic (exact) mass is 652 g/mol. The number of nitrogens with zero attached hydrogens (tertiary/aromatic N) is 1. The van der Waals surface area contributed by atoms with E-state index >= 15 is 0 Å². The highest BCUT2D eigenvalue weighted by atomic mass is 32.2. The highest BCUT2D eigenvalue weighted by molar-refractivity contribution is 7.89. The summed E-state index contributed by atoms with van der Waals surface area (Å²) in [6.45, 7) is 4.68. The standard InChI is InChI=1S/C33H40N4O8S/c1-32(2,3)45-31(41)33(42)27(18-19-37(33)29(39)15-9-12-22-10-5-4-6-11-22)35-30(40)26(21-28(34)38)36-46(43,44)25-17-16-23-13-7-8-14-24(23)20-25/h4-8,10-11,13-14,16-17,20,26-27,36,42H,9,12,15,18-19,21H2,1-3H3,(H2,34,38)(H,35,40)/t26-,27-,33-/m0/s1. The minimum absolute atomic E-state index is 0.0104. The van der Waals surface area contributed by atoms with Crippen molar-refractivity contribution in [2.45, 2.75) is 81.2 Å². The number of aryl methyl sites for hydroxylation is 1. The van der Waals surface area contributed by atoms with Crippen LogP contribution in [0.15, 0.2) is 77.7 Å². The van der Waals surface area contributed by atoms with Crippen molar-refractivity contribution in [2.75, 3.05) is 6.54 Å². The molecule has 1 aliphatic heterocycles. The zero-order valence-corrected chi connectivity index (χ0v) is 26.9. The van der Waals surface area contributed by atoms with E-state index in [4.69, 9.17) is 10.5 Å². The predicted molar refractivity (Wildman–Crippen MR) is 170 cm³/mol. The van der Waals surface area contributed by atoms with Crippen LogP contribution >= 0.6 is 0 Å². The summed E-state index contributed by atoms with van der Waals surface area (Å²) >= 11 is 0. The van der Waals surface area contributed by atoms with Gasteiger partial charge in [-0.1, -0.05) is 60.7 Å². The number of hydrogen-bond acceptors (Lipinski definition) is 8. The third-order valence-corrected chi connectivity index (χ3v) is 9.07. The molecule has 5 N–H and O–H groups in total. The zero-order chi connectivity index (χ0) is 33.7. The first-order valence-corrected chi connectivity index (χ1v) is 16.5. The Balaban J connectivity index is 1.55. The number of benzene rings is 3. The van der Waals surface area contributed by atoms with Gasteiger partial charge in [-0.25, -0.2) is 13.2 Å². The van der Waals surface area contributed by atoms with Crippen LogP contribution in [0.2, 0.25) is 0 Å². The molecule has 3 aromatic carbocycles. The molecule has 246 valence electrons. The Morgan fingerprint density at radius 3 is 2.33 bits per heavy atom. The average Bonchev–Trinajstić information content (AvgIpc) is 3.32. The maximum absolute atomic E-state index is 13.5. The van der Waals surface area contributed by atoms with Gasteiger partial charge in [0.25, 0.3) is 5.72 Å². The number of sulfonamides is 1. The molecule has 13 heteroatoms. The van der Waals surface area contributed by atoms with Crippen LogP contribution in [0.25, 0.3) is 10.8 Å². The molecule has 3 amide bonds. The Hall–Kier alpha value is -4.33. The van der Waals surface area contributed by atoms with Crippen LogP contribution in [0.3, 0.4) is 0 Å². The van der Waals surface area contributed by atoms with Gasteiger partial charge in [0, 0.05) is 13.0 Å². The lowest BCUT2D eigenvalue weighted by molar-refractivity contribution is -0.200. The minimum atomic E-state index is -4.34. The smallest absolute Gasteiger partial charge is 0.362 e. The molecule has 1 heterocycles. The van der Waals surface area contributed by atoms with E-state index < -0.39 is 63.5 Å². The van der Waals surface area contributed by atoms with Crippen LogP contribution in [0.4, 0.5) is 0 Å². The number of carbonyl (C=O) groups is 4.